The number of ether oxygens (including phenoxy) is 4. The molecule has 0 aliphatic carbocycles. The molecule has 1 aliphatic rings. The summed E-state index contributed by atoms with van der Waals surface area (Å²) in [7, 11) is 0. The van der Waals surface area contributed by atoms with Crippen LogP contribution < -0.4 is 23.8 Å². The molecule has 9 rings (SSSR count). The molecule has 1 aliphatic heterocycles. The number of benzene rings is 4. The van der Waals surface area contributed by atoms with Gasteiger partial charge in [0, 0.05) is 37.6 Å². The molecule has 13 heteroatoms. The van der Waals surface area contributed by atoms with Crippen molar-refractivity contribution < 1.29 is 28.8 Å². The minimum Gasteiger partial charge on any atom is -0.494 e. The van der Waals surface area contributed by atoms with Gasteiger partial charge in [-0.1, -0.05) is 104 Å². The topological polar surface area (TPSA) is 127 Å². The molecule has 0 spiro atoms. The Balaban J connectivity index is 1.10. The van der Waals surface area contributed by atoms with Crippen LogP contribution in [0.2, 0.25) is 0 Å². The number of nitrogens with zero attached hydrogens (tertiary/aromatic N) is 4. The lowest BCUT2D eigenvalue weighted by atomic mass is 10.0. The number of anilines is 3. The Hall–Kier alpha value is -6.46. The standard InChI is InChI=1S/C62H68N4O6S3/c1-5-9-13-17-33-69-46-29-25-44(26-30-46)66(45-27-31-47(32-28-45)70-34-18-14-10-6-2)43-23-21-41(22-24-43)58-56-57(72-36-35-71-56)61(75-58)53-39-50-55-54(64-51(19-15-11-7-3)52(65-55)20-16-12-8-4)49-38-48(37-42(40-63)62(67)68)73-59(49)60(50)74-53/h21-32,37-39H,5-20,33-36H2,1-4H3,(H,67,68)/b42-37-. The quantitative estimate of drug-likeness (QED) is 0.0302. The van der Waals surface area contributed by atoms with Crippen LogP contribution in [0, 0.1) is 11.3 Å². The van der Waals surface area contributed by atoms with Gasteiger partial charge in [-0.15, -0.1) is 34.0 Å². The molecular weight excluding hydrogens is 993 g/mol. The molecule has 8 aromatic rings. The van der Waals surface area contributed by atoms with Crippen molar-refractivity contribution in [1.82, 2.24) is 9.97 Å². The molecule has 5 heterocycles. The van der Waals surface area contributed by atoms with Gasteiger partial charge in [-0.3, -0.25) is 0 Å². The normalized spacial score (nSPS) is 12.4. The van der Waals surface area contributed by atoms with Crippen molar-refractivity contribution in [2.75, 3.05) is 31.3 Å². The molecule has 0 unspecified atom stereocenters. The number of aryl methyl sites for hydroxylation is 2. The van der Waals surface area contributed by atoms with E-state index in [0.29, 0.717) is 31.3 Å². The van der Waals surface area contributed by atoms with E-state index >= 15 is 0 Å². The lowest BCUT2D eigenvalue weighted by Gasteiger charge is -2.26. The molecular formula is C62H68N4O6S3. The summed E-state index contributed by atoms with van der Waals surface area (Å²) in [5.74, 6) is 1.95. The van der Waals surface area contributed by atoms with Crippen LogP contribution in [-0.4, -0.2) is 47.5 Å². The van der Waals surface area contributed by atoms with E-state index in [1.165, 1.54) is 55.9 Å². The highest BCUT2D eigenvalue weighted by Crippen LogP contribution is 2.57. The second-order valence-electron chi connectivity index (χ2n) is 19.3. The van der Waals surface area contributed by atoms with E-state index in [1.54, 1.807) is 22.7 Å². The second-order valence-corrected chi connectivity index (χ2v) is 22.4. The minimum atomic E-state index is -1.25. The van der Waals surface area contributed by atoms with Gasteiger partial charge in [-0.25, -0.2) is 14.8 Å². The van der Waals surface area contributed by atoms with Gasteiger partial charge in [0.05, 0.1) is 54.8 Å². The maximum atomic E-state index is 12.0. The molecule has 4 aromatic carbocycles. The number of aliphatic carboxylic acids is 1. The lowest BCUT2D eigenvalue weighted by Crippen LogP contribution is -2.14. The Bertz CT molecular complexity index is 3220. The average Bonchev–Trinajstić information content (AvgIpc) is 4.22. The molecule has 0 amide bonds. The fourth-order valence-electron chi connectivity index (χ4n) is 9.66. The van der Waals surface area contributed by atoms with Crippen LogP contribution in [-0.2, 0) is 17.6 Å². The van der Waals surface area contributed by atoms with E-state index in [-0.39, 0.29) is 5.57 Å². The highest BCUT2D eigenvalue weighted by molar-refractivity contribution is 7.31. The third-order valence-corrected chi connectivity index (χ3v) is 17.4. The summed E-state index contributed by atoms with van der Waals surface area (Å²) < 4.78 is 27.4. The van der Waals surface area contributed by atoms with E-state index in [4.69, 9.17) is 28.9 Å². The van der Waals surface area contributed by atoms with Gasteiger partial charge in [0.1, 0.15) is 36.4 Å². The molecule has 390 valence electrons. The van der Waals surface area contributed by atoms with Gasteiger partial charge < -0.3 is 29.0 Å². The zero-order valence-electron chi connectivity index (χ0n) is 43.8. The van der Waals surface area contributed by atoms with Crippen molar-refractivity contribution in [2.24, 2.45) is 0 Å². The predicted octanol–water partition coefficient (Wildman–Crippen LogP) is 18.1. The van der Waals surface area contributed by atoms with Crippen molar-refractivity contribution in [3.05, 3.63) is 107 Å². The van der Waals surface area contributed by atoms with Crippen molar-refractivity contribution in [3.8, 4) is 49.3 Å². The Kier molecular flexibility index (Phi) is 18.4. The van der Waals surface area contributed by atoms with Crippen LogP contribution in [0.25, 0.3) is 57.5 Å². The van der Waals surface area contributed by atoms with Crippen LogP contribution in [0.1, 0.15) is 134 Å². The number of carboxylic acids is 1. The highest BCUT2D eigenvalue weighted by atomic mass is 32.1. The van der Waals surface area contributed by atoms with Crippen molar-refractivity contribution in [1.29, 1.82) is 5.26 Å². The van der Waals surface area contributed by atoms with Crippen LogP contribution in [0.15, 0.2) is 90.5 Å². The van der Waals surface area contributed by atoms with Crippen LogP contribution in [0.3, 0.4) is 0 Å². The molecule has 0 atom stereocenters. The first-order chi connectivity index (χ1) is 36.8. The van der Waals surface area contributed by atoms with Gasteiger partial charge >= 0.3 is 5.97 Å². The molecule has 1 N–H and O–H groups in total. The Morgan fingerprint density at radius 3 is 1.61 bits per heavy atom. The molecule has 0 radical (unpaired) electrons. The zero-order chi connectivity index (χ0) is 52.1. The number of hydrogen-bond acceptors (Lipinski definition) is 12. The summed E-state index contributed by atoms with van der Waals surface area (Å²) in [5.41, 5.74) is 7.49. The predicted molar refractivity (Wildman–Crippen MR) is 312 cm³/mol. The molecule has 0 saturated carbocycles. The summed E-state index contributed by atoms with van der Waals surface area (Å²) in [5, 5.41) is 21.5. The van der Waals surface area contributed by atoms with Gasteiger partial charge in [-0.05, 0) is 123 Å². The molecule has 0 saturated heterocycles. The summed E-state index contributed by atoms with van der Waals surface area (Å²) in [6.45, 7) is 11.2. The molecule has 4 aromatic heterocycles. The SMILES string of the molecule is CCCCCCOc1ccc(N(c2ccc(OCCCCCC)cc2)c2ccc(-c3sc(-c4cc5c6nc(CCCCC)c(CCCCC)nc6c6cc(/C=C(/C#N)C(=O)O)sc6c5s4)c4c3OCCO4)cc2)cc1. The number of rotatable bonds is 27. The van der Waals surface area contributed by atoms with Gasteiger partial charge in [-0.2, -0.15) is 5.26 Å². The lowest BCUT2D eigenvalue weighted by molar-refractivity contribution is -0.132. The number of carbonyl (C=O) groups is 1. The summed E-state index contributed by atoms with van der Waals surface area (Å²) in [4.78, 5) is 28.9. The van der Waals surface area contributed by atoms with Crippen molar-refractivity contribution in [3.63, 3.8) is 0 Å². The van der Waals surface area contributed by atoms with Gasteiger partial charge in [0.2, 0.25) is 0 Å². The van der Waals surface area contributed by atoms with Crippen molar-refractivity contribution >= 4 is 94.3 Å². The van der Waals surface area contributed by atoms with Crippen LogP contribution in [0.4, 0.5) is 17.1 Å². The summed E-state index contributed by atoms with van der Waals surface area (Å²) in [6, 6.07) is 31.5. The fraction of sp³-hybridized carbons (Fsp3) is 0.387. The Morgan fingerprint density at radius 1 is 0.627 bits per heavy atom. The number of hydrogen-bond donors (Lipinski definition) is 1. The number of fused-ring (bicyclic) bond motifs is 7. The summed E-state index contributed by atoms with van der Waals surface area (Å²) in [6.07, 6.45) is 19.0. The maximum absolute atomic E-state index is 12.0. The second kappa shape index (κ2) is 25.9. The molecule has 10 nitrogen and oxygen atoms in total. The van der Waals surface area contributed by atoms with E-state index in [9.17, 15) is 15.2 Å². The van der Waals surface area contributed by atoms with E-state index in [2.05, 4.69) is 111 Å². The van der Waals surface area contributed by atoms with E-state index in [1.807, 2.05) is 12.1 Å². The van der Waals surface area contributed by atoms with Gasteiger partial charge in [0.25, 0.3) is 0 Å². The largest absolute Gasteiger partial charge is 0.494 e. The van der Waals surface area contributed by atoms with E-state index in [0.717, 1.165) is 167 Å². The van der Waals surface area contributed by atoms with Crippen LogP contribution in [0.5, 0.6) is 23.0 Å². The molecule has 75 heavy (non-hydrogen) atoms. The summed E-state index contributed by atoms with van der Waals surface area (Å²) >= 11 is 4.83. The average molecular weight is 1060 g/mol. The number of carboxylic acid groups (broad SMARTS) is 1. The Labute approximate surface area is 453 Å². The molecule has 0 bridgehead atoms. The maximum Gasteiger partial charge on any atom is 0.346 e. The van der Waals surface area contributed by atoms with Gasteiger partial charge in [0.15, 0.2) is 11.5 Å². The Morgan fingerprint density at radius 2 is 1.11 bits per heavy atom. The third kappa shape index (κ3) is 12.5. The number of thiophene rings is 3. The highest BCUT2D eigenvalue weighted by Gasteiger charge is 2.29. The first kappa shape index (κ1) is 53.4. The number of unbranched alkanes of at least 4 members (excludes halogenated alkanes) is 10. The third-order valence-electron chi connectivity index (χ3n) is 13.7. The van der Waals surface area contributed by atoms with Crippen molar-refractivity contribution in [2.45, 2.75) is 130 Å². The van der Waals surface area contributed by atoms with E-state index < -0.39 is 5.97 Å². The van der Waals surface area contributed by atoms with Crippen LogP contribution >= 0.6 is 34.0 Å². The zero-order valence-corrected chi connectivity index (χ0v) is 46.3. The monoisotopic (exact) mass is 1060 g/mol. The minimum absolute atomic E-state index is 0.311. The smallest absolute Gasteiger partial charge is 0.346 e. The first-order valence-electron chi connectivity index (χ1n) is 27.1. The fourth-order valence-corrected chi connectivity index (χ4v) is 13.4. The number of aromatic nitrogens is 2. The number of nitriles is 1. The molecule has 0 fully saturated rings. The first-order valence-corrected chi connectivity index (χ1v) is 29.6.